The molecule has 4 nitrogen and oxygen atoms in total. The van der Waals surface area contributed by atoms with Crippen LogP contribution in [0.3, 0.4) is 0 Å². The number of aromatic nitrogens is 1. The highest BCUT2D eigenvalue weighted by atomic mass is 32.1. The normalized spacial score (nSPS) is 11.7. The Balaban J connectivity index is 2.21. The number of carboxylic acid groups (broad SMARTS) is 1. The van der Waals surface area contributed by atoms with Gasteiger partial charge in [0.1, 0.15) is 5.82 Å². The van der Waals surface area contributed by atoms with Gasteiger partial charge in [-0.2, -0.15) is 0 Å². The first kappa shape index (κ1) is 16.0. The zero-order valence-electron chi connectivity index (χ0n) is 12.0. The fourth-order valence-corrected chi connectivity index (χ4v) is 2.74. The molecule has 1 unspecified atom stereocenters. The minimum Gasteiger partial charge on any atom is -0.481 e. The Kier molecular flexibility index (Phi) is 5.12. The number of hydrogen-bond donors (Lipinski definition) is 1. The van der Waals surface area contributed by atoms with Crippen molar-refractivity contribution in [2.45, 2.75) is 6.92 Å². The molecule has 1 heterocycles. The number of terminal acetylenes is 1. The number of hydrogen-bond acceptors (Lipinski definition) is 4. The second kappa shape index (κ2) is 7.05. The molecule has 0 saturated heterocycles. The van der Waals surface area contributed by atoms with E-state index < -0.39 is 11.9 Å². The molecule has 0 saturated carbocycles. The van der Waals surface area contributed by atoms with Crippen LogP contribution >= 0.6 is 11.3 Å². The van der Waals surface area contributed by atoms with E-state index in [4.69, 9.17) is 11.5 Å². The molecule has 114 valence electrons. The van der Waals surface area contributed by atoms with Crippen molar-refractivity contribution < 1.29 is 14.3 Å². The molecule has 2 aromatic rings. The maximum Gasteiger partial charge on any atom is 0.308 e. The van der Waals surface area contributed by atoms with Gasteiger partial charge in [-0.05, 0) is 24.3 Å². The number of carbonyl (C=O) groups is 1. The number of rotatable bonds is 6. The molecule has 22 heavy (non-hydrogen) atoms. The summed E-state index contributed by atoms with van der Waals surface area (Å²) in [6, 6.07) is 6.05. The van der Waals surface area contributed by atoms with Crippen molar-refractivity contribution in [2.24, 2.45) is 5.92 Å². The van der Waals surface area contributed by atoms with Gasteiger partial charge < -0.3 is 10.0 Å². The van der Waals surface area contributed by atoms with Crippen LogP contribution in [-0.2, 0) is 4.79 Å². The summed E-state index contributed by atoms with van der Waals surface area (Å²) in [5.41, 5.74) is 1.51. The Hall–Kier alpha value is -2.39. The molecule has 1 aromatic heterocycles. The van der Waals surface area contributed by atoms with E-state index in [1.165, 1.54) is 23.5 Å². The van der Waals surface area contributed by atoms with E-state index in [0.29, 0.717) is 10.8 Å². The molecule has 1 aromatic carbocycles. The van der Waals surface area contributed by atoms with Crippen LogP contribution in [0.5, 0.6) is 0 Å². The van der Waals surface area contributed by atoms with Crippen LogP contribution in [-0.4, -0.2) is 29.1 Å². The van der Waals surface area contributed by atoms with Crippen molar-refractivity contribution in [2.75, 3.05) is 18.0 Å². The molecule has 0 aliphatic rings. The average molecular weight is 318 g/mol. The zero-order valence-corrected chi connectivity index (χ0v) is 12.8. The van der Waals surface area contributed by atoms with Crippen molar-refractivity contribution in [3.05, 3.63) is 35.5 Å². The van der Waals surface area contributed by atoms with Crippen LogP contribution in [0.4, 0.5) is 9.52 Å². The number of benzene rings is 1. The number of anilines is 1. The minimum absolute atomic E-state index is 0.286. The maximum atomic E-state index is 13.0. The van der Waals surface area contributed by atoms with Crippen LogP contribution in [0, 0.1) is 24.1 Å². The van der Waals surface area contributed by atoms with E-state index in [1.54, 1.807) is 24.0 Å². The van der Waals surface area contributed by atoms with E-state index >= 15 is 0 Å². The Bertz CT molecular complexity index is 691. The fraction of sp³-hybridized carbons (Fsp3) is 0.250. The van der Waals surface area contributed by atoms with Gasteiger partial charge in [-0.15, -0.1) is 17.8 Å². The number of thiazole rings is 1. The smallest absolute Gasteiger partial charge is 0.308 e. The second-order valence-corrected chi connectivity index (χ2v) is 5.68. The summed E-state index contributed by atoms with van der Waals surface area (Å²) in [5.74, 6) is 0.788. The third-order valence-electron chi connectivity index (χ3n) is 3.10. The van der Waals surface area contributed by atoms with Gasteiger partial charge in [-0.3, -0.25) is 4.79 Å². The summed E-state index contributed by atoms with van der Waals surface area (Å²) in [5, 5.41) is 11.5. The lowest BCUT2D eigenvalue weighted by atomic mass is 10.2. The van der Waals surface area contributed by atoms with Gasteiger partial charge in [0.2, 0.25) is 0 Å². The lowest BCUT2D eigenvalue weighted by Crippen LogP contribution is -2.32. The Labute approximate surface area is 132 Å². The summed E-state index contributed by atoms with van der Waals surface area (Å²) in [4.78, 5) is 17.2. The SMILES string of the molecule is C#CCN(CC(C)C(=O)O)c1nc(-c2ccc(F)cc2)cs1. The lowest BCUT2D eigenvalue weighted by molar-refractivity contribution is -0.140. The first-order chi connectivity index (χ1) is 10.5. The molecule has 0 fully saturated rings. The standard InChI is InChI=1S/C16H15FN2O2S/c1-3-8-19(9-11(2)15(20)21)16-18-14(10-22-16)12-4-6-13(17)7-5-12/h1,4-7,10-11H,8-9H2,2H3,(H,20,21). The quantitative estimate of drug-likeness (QED) is 0.832. The monoisotopic (exact) mass is 318 g/mol. The van der Waals surface area contributed by atoms with Crippen LogP contribution in [0.15, 0.2) is 29.6 Å². The van der Waals surface area contributed by atoms with Gasteiger partial charge >= 0.3 is 5.97 Å². The highest BCUT2D eigenvalue weighted by molar-refractivity contribution is 7.14. The predicted molar refractivity (Wildman–Crippen MR) is 85.4 cm³/mol. The molecule has 6 heteroatoms. The van der Waals surface area contributed by atoms with Gasteiger partial charge in [0.25, 0.3) is 0 Å². The molecule has 0 bridgehead atoms. The van der Waals surface area contributed by atoms with E-state index in [-0.39, 0.29) is 18.9 Å². The fourth-order valence-electron chi connectivity index (χ4n) is 1.89. The molecule has 0 spiro atoms. The highest BCUT2D eigenvalue weighted by Crippen LogP contribution is 2.28. The van der Waals surface area contributed by atoms with Crippen molar-refractivity contribution in [3.63, 3.8) is 0 Å². The van der Waals surface area contributed by atoms with Gasteiger partial charge in [0, 0.05) is 17.5 Å². The molecule has 0 aliphatic heterocycles. The minimum atomic E-state index is -0.877. The molecule has 0 amide bonds. The molecule has 1 N–H and O–H groups in total. The maximum absolute atomic E-state index is 13.0. The molecule has 2 rings (SSSR count). The number of carboxylic acids is 1. The van der Waals surface area contributed by atoms with Crippen molar-refractivity contribution in [1.82, 2.24) is 4.98 Å². The van der Waals surface area contributed by atoms with Gasteiger partial charge in [-0.25, -0.2) is 9.37 Å². The molecule has 0 radical (unpaired) electrons. The molecule has 1 atom stereocenters. The van der Waals surface area contributed by atoms with E-state index in [9.17, 15) is 9.18 Å². The largest absolute Gasteiger partial charge is 0.481 e. The number of aliphatic carboxylic acids is 1. The topological polar surface area (TPSA) is 53.4 Å². The van der Waals surface area contributed by atoms with Crippen LogP contribution in [0.2, 0.25) is 0 Å². The number of halogens is 1. The highest BCUT2D eigenvalue weighted by Gasteiger charge is 2.18. The molecular weight excluding hydrogens is 303 g/mol. The number of nitrogens with zero attached hydrogens (tertiary/aromatic N) is 2. The van der Waals surface area contributed by atoms with Crippen molar-refractivity contribution in [3.8, 4) is 23.6 Å². The van der Waals surface area contributed by atoms with Crippen molar-refractivity contribution in [1.29, 1.82) is 0 Å². The first-order valence-electron chi connectivity index (χ1n) is 6.64. The van der Waals surface area contributed by atoms with Gasteiger partial charge in [0.15, 0.2) is 5.13 Å². The second-order valence-electron chi connectivity index (χ2n) is 4.85. The zero-order chi connectivity index (χ0) is 16.1. The third kappa shape index (κ3) is 3.83. The summed E-state index contributed by atoms with van der Waals surface area (Å²) in [7, 11) is 0. The summed E-state index contributed by atoms with van der Waals surface area (Å²) >= 11 is 1.38. The summed E-state index contributed by atoms with van der Waals surface area (Å²) in [6.45, 7) is 2.20. The van der Waals surface area contributed by atoms with Crippen LogP contribution < -0.4 is 4.90 Å². The van der Waals surface area contributed by atoms with Crippen LogP contribution in [0.25, 0.3) is 11.3 Å². The van der Waals surface area contributed by atoms with E-state index in [1.807, 2.05) is 5.38 Å². The summed E-state index contributed by atoms with van der Waals surface area (Å²) < 4.78 is 13.0. The van der Waals surface area contributed by atoms with Crippen molar-refractivity contribution >= 4 is 22.4 Å². The average Bonchev–Trinajstić information content (AvgIpc) is 2.97. The Morgan fingerprint density at radius 2 is 2.18 bits per heavy atom. The van der Waals surface area contributed by atoms with Gasteiger partial charge in [0.05, 0.1) is 18.2 Å². The third-order valence-corrected chi connectivity index (χ3v) is 4.00. The van der Waals surface area contributed by atoms with Gasteiger partial charge in [-0.1, -0.05) is 12.8 Å². The van der Waals surface area contributed by atoms with E-state index in [0.717, 1.165) is 5.56 Å². The first-order valence-corrected chi connectivity index (χ1v) is 7.52. The summed E-state index contributed by atoms with van der Waals surface area (Å²) in [6.07, 6.45) is 5.35. The predicted octanol–water partition coefficient (Wildman–Crippen LogP) is 3.11. The lowest BCUT2D eigenvalue weighted by Gasteiger charge is -2.21. The van der Waals surface area contributed by atoms with Crippen LogP contribution in [0.1, 0.15) is 6.92 Å². The van der Waals surface area contributed by atoms with E-state index in [2.05, 4.69) is 10.9 Å². The Morgan fingerprint density at radius 1 is 1.50 bits per heavy atom. The Morgan fingerprint density at radius 3 is 2.77 bits per heavy atom. The molecule has 0 aliphatic carbocycles. The molecular formula is C16H15FN2O2S.